The lowest BCUT2D eigenvalue weighted by molar-refractivity contribution is 0.0948. The number of aryl methyl sites for hydroxylation is 1. The van der Waals surface area contributed by atoms with Crippen LogP contribution in [0.5, 0.6) is 0 Å². The number of nitrogen functional groups attached to an aromatic ring is 1. The van der Waals surface area contributed by atoms with Crippen LogP contribution in [0.2, 0.25) is 0 Å². The molecule has 1 unspecified atom stereocenters. The molecule has 1 amide bonds. The number of carbonyl (C=O) groups is 1. The Balaban J connectivity index is 2.67. The highest BCUT2D eigenvalue weighted by Crippen LogP contribution is 2.23. The number of rotatable bonds is 4. The monoisotopic (exact) mass is 276 g/mol. The fourth-order valence-corrected chi connectivity index (χ4v) is 3.23. The van der Waals surface area contributed by atoms with Crippen molar-refractivity contribution >= 4 is 32.8 Å². The van der Waals surface area contributed by atoms with E-state index in [1.807, 2.05) is 6.92 Å². The standard InChI is InChI=1S/C10H16N2O3S2/c1-6(5-17(3,14)15)12-10(13)9-4-8(11)7(2)16-9/h4,6H,5,11H2,1-3H3,(H,12,13). The number of sulfone groups is 1. The average Bonchev–Trinajstić information content (AvgIpc) is 2.43. The second kappa shape index (κ2) is 5.05. The Hall–Kier alpha value is -1.08. The summed E-state index contributed by atoms with van der Waals surface area (Å²) < 4.78 is 22.1. The molecule has 1 atom stereocenters. The van der Waals surface area contributed by atoms with E-state index in [0.717, 1.165) is 11.1 Å². The van der Waals surface area contributed by atoms with Crippen LogP contribution in [0.15, 0.2) is 6.07 Å². The highest BCUT2D eigenvalue weighted by molar-refractivity contribution is 7.90. The molecule has 7 heteroatoms. The third-order valence-electron chi connectivity index (χ3n) is 2.11. The molecule has 5 nitrogen and oxygen atoms in total. The van der Waals surface area contributed by atoms with E-state index in [1.165, 1.54) is 11.3 Å². The number of nitrogens with one attached hydrogen (secondary N) is 1. The Labute approximate surface area is 105 Å². The second-order valence-electron chi connectivity index (χ2n) is 4.09. The van der Waals surface area contributed by atoms with Crippen molar-refractivity contribution in [2.45, 2.75) is 19.9 Å². The largest absolute Gasteiger partial charge is 0.398 e. The van der Waals surface area contributed by atoms with E-state index in [0.29, 0.717) is 10.6 Å². The molecule has 0 aliphatic rings. The molecule has 3 N–H and O–H groups in total. The zero-order valence-corrected chi connectivity index (χ0v) is 11.6. The van der Waals surface area contributed by atoms with Crippen molar-refractivity contribution in [1.29, 1.82) is 0 Å². The van der Waals surface area contributed by atoms with Gasteiger partial charge < -0.3 is 11.1 Å². The highest BCUT2D eigenvalue weighted by Gasteiger charge is 2.16. The van der Waals surface area contributed by atoms with Crippen molar-refractivity contribution in [2.75, 3.05) is 17.7 Å². The first-order valence-electron chi connectivity index (χ1n) is 5.03. The summed E-state index contributed by atoms with van der Waals surface area (Å²) in [7, 11) is -3.09. The molecule has 0 aliphatic carbocycles. The van der Waals surface area contributed by atoms with Crippen LogP contribution >= 0.6 is 11.3 Å². The molecule has 0 radical (unpaired) electrons. The maximum Gasteiger partial charge on any atom is 0.261 e. The van der Waals surface area contributed by atoms with E-state index in [1.54, 1.807) is 13.0 Å². The summed E-state index contributed by atoms with van der Waals surface area (Å²) in [5.74, 6) is -0.357. The summed E-state index contributed by atoms with van der Waals surface area (Å²) in [6.45, 7) is 3.49. The topological polar surface area (TPSA) is 89.3 Å². The van der Waals surface area contributed by atoms with Crippen LogP contribution in [0.25, 0.3) is 0 Å². The lowest BCUT2D eigenvalue weighted by Crippen LogP contribution is -2.36. The number of hydrogen-bond donors (Lipinski definition) is 2. The zero-order valence-electron chi connectivity index (χ0n) is 9.98. The lowest BCUT2D eigenvalue weighted by atomic mass is 10.3. The van der Waals surface area contributed by atoms with Gasteiger partial charge in [-0.3, -0.25) is 4.79 Å². The van der Waals surface area contributed by atoms with Crippen molar-refractivity contribution in [2.24, 2.45) is 0 Å². The highest BCUT2D eigenvalue weighted by atomic mass is 32.2. The second-order valence-corrected chi connectivity index (χ2v) is 7.53. The number of amides is 1. The normalized spacial score (nSPS) is 13.4. The van der Waals surface area contributed by atoms with Gasteiger partial charge in [-0.25, -0.2) is 8.42 Å². The van der Waals surface area contributed by atoms with Gasteiger partial charge in [-0.1, -0.05) is 0 Å². The molecule has 1 rings (SSSR count). The predicted molar refractivity (Wildman–Crippen MR) is 70.1 cm³/mol. The van der Waals surface area contributed by atoms with E-state index >= 15 is 0 Å². The van der Waals surface area contributed by atoms with Crippen LogP contribution in [0, 0.1) is 6.92 Å². The molecule has 1 aromatic rings. The Morgan fingerprint density at radius 1 is 1.59 bits per heavy atom. The molecule has 0 saturated carbocycles. The molecule has 1 aromatic heterocycles. The first-order chi connectivity index (χ1) is 7.69. The number of thiophene rings is 1. The minimum Gasteiger partial charge on any atom is -0.398 e. The van der Waals surface area contributed by atoms with Crippen LogP contribution < -0.4 is 11.1 Å². The van der Waals surface area contributed by atoms with Gasteiger partial charge in [0, 0.05) is 22.9 Å². The summed E-state index contributed by atoms with van der Waals surface area (Å²) in [6, 6.07) is 1.18. The van der Waals surface area contributed by atoms with E-state index in [-0.39, 0.29) is 11.7 Å². The quantitative estimate of drug-likeness (QED) is 0.851. The first-order valence-corrected chi connectivity index (χ1v) is 7.91. The van der Waals surface area contributed by atoms with Crippen molar-refractivity contribution in [3.8, 4) is 0 Å². The summed E-state index contributed by atoms with van der Waals surface area (Å²) in [4.78, 5) is 13.1. The molecule has 0 aliphatic heterocycles. The SMILES string of the molecule is Cc1sc(C(=O)NC(C)CS(C)(=O)=O)cc1N. The number of carbonyl (C=O) groups excluding carboxylic acids is 1. The molecular formula is C10H16N2O3S2. The average molecular weight is 276 g/mol. The van der Waals surface area contributed by atoms with Crippen LogP contribution in [-0.2, 0) is 9.84 Å². The van der Waals surface area contributed by atoms with Crippen molar-refractivity contribution in [3.05, 3.63) is 15.8 Å². The van der Waals surface area contributed by atoms with Gasteiger partial charge in [0.25, 0.3) is 5.91 Å². The van der Waals surface area contributed by atoms with Crippen LogP contribution in [0.3, 0.4) is 0 Å². The van der Waals surface area contributed by atoms with E-state index in [4.69, 9.17) is 5.73 Å². The lowest BCUT2D eigenvalue weighted by Gasteiger charge is -2.11. The van der Waals surface area contributed by atoms with Gasteiger partial charge in [-0.2, -0.15) is 0 Å². The zero-order chi connectivity index (χ0) is 13.2. The summed E-state index contributed by atoms with van der Waals surface area (Å²) in [5.41, 5.74) is 6.23. The van der Waals surface area contributed by atoms with Crippen LogP contribution in [-0.4, -0.2) is 32.4 Å². The van der Waals surface area contributed by atoms with Crippen molar-refractivity contribution < 1.29 is 13.2 Å². The van der Waals surface area contributed by atoms with Crippen molar-refractivity contribution in [1.82, 2.24) is 5.32 Å². The molecule has 0 bridgehead atoms. The molecule has 0 saturated heterocycles. The van der Waals surface area contributed by atoms with Gasteiger partial charge in [0.05, 0.1) is 10.6 Å². The fraction of sp³-hybridized carbons (Fsp3) is 0.500. The molecule has 96 valence electrons. The molecule has 0 fully saturated rings. The van der Waals surface area contributed by atoms with E-state index in [9.17, 15) is 13.2 Å². The fourth-order valence-electron chi connectivity index (χ4n) is 1.40. The first kappa shape index (κ1) is 14.0. The Bertz CT molecular complexity index is 500. The Morgan fingerprint density at radius 2 is 2.18 bits per heavy atom. The van der Waals surface area contributed by atoms with E-state index < -0.39 is 15.9 Å². The predicted octanol–water partition coefficient (Wildman–Crippen LogP) is 0.802. The minimum absolute atomic E-state index is 0.0709. The maximum absolute atomic E-state index is 11.8. The third kappa shape index (κ3) is 4.35. The van der Waals surface area contributed by atoms with Gasteiger partial charge in [0.1, 0.15) is 9.84 Å². The van der Waals surface area contributed by atoms with Gasteiger partial charge >= 0.3 is 0 Å². The number of anilines is 1. The van der Waals surface area contributed by atoms with E-state index in [2.05, 4.69) is 5.32 Å². The summed E-state index contributed by atoms with van der Waals surface area (Å²) in [5, 5.41) is 2.63. The summed E-state index contributed by atoms with van der Waals surface area (Å²) in [6.07, 6.45) is 1.14. The molecular weight excluding hydrogens is 260 g/mol. The van der Waals surface area contributed by atoms with Crippen molar-refractivity contribution in [3.63, 3.8) is 0 Å². The molecule has 1 heterocycles. The molecule has 17 heavy (non-hydrogen) atoms. The number of hydrogen-bond acceptors (Lipinski definition) is 5. The Morgan fingerprint density at radius 3 is 2.59 bits per heavy atom. The van der Waals surface area contributed by atoms with Crippen LogP contribution in [0.1, 0.15) is 21.5 Å². The summed E-state index contributed by atoms with van der Waals surface area (Å²) >= 11 is 1.30. The number of nitrogens with two attached hydrogens (primary N) is 1. The molecule has 0 aromatic carbocycles. The van der Waals surface area contributed by atoms with Gasteiger partial charge in [-0.15, -0.1) is 11.3 Å². The Kier molecular flexibility index (Phi) is 4.16. The minimum atomic E-state index is -3.09. The van der Waals surface area contributed by atoms with Gasteiger partial charge in [-0.05, 0) is 19.9 Å². The van der Waals surface area contributed by atoms with Crippen LogP contribution in [0.4, 0.5) is 5.69 Å². The molecule has 0 spiro atoms. The van der Waals surface area contributed by atoms with Gasteiger partial charge in [0.2, 0.25) is 0 Å². The smallest absolute Gasteiger partial charge is 0.261 e. The third-order valence-corrected chi connectivity index (χ3v) is 4.28. The van der Waals surface area contributed by atoms with Gasteiger partial charge in [0.15, 0.2) is 0 Å². The maximum atomic E-state index is 11.8.